The molecule has 1 aliphatic carbocycles. The van der Waals surface area contributed by atoms with Gasteiger partial charge in [0.2, 0.25) is 10.0 Å². The zero-order valence-corrected chi connectivity index (χ0v) is 15.0. The molecule has 1 aromatic rings. The second-order valence-electron chi connectivity index (χ2n) is 5.66. The van der Waals surface area contributed by atoms with Crippen LogP contribution in [-0.2, 0) is 19.6 Å². The molecule has 3 amide bonds. The molecule has 26 heavy (non-hydrogen) atoms. The molecule has 11 heteroatoms. The lowest BCUT2D eigenvalue weighted by Gasteiger charge is -2.14. The van der Waals surface area contributed by atoms with Gasteiger partial charge in [-0.2, -0.15) is 0 Å². The number of methoxy groups -OCH3 is 1. The number of primary amides is 1. The van der Waals surface area contributed by atoms with Gasteiger partial charge >= 0.3 is 12.0 Å². The van der Waals surface area contributed by atoms with Crippen LogP contribution in [0.1, 0.15) is 30.1 Å². The molecule has 0 saturated heterocycles. The van der Waals surface area contributed by atoms with Gasteiger partial charge in [-0.1, -0.05) is 0 Å². The van der Waals surface area contributed by atoms with Crippen LogP contribution >= 0.6 is 0 Å². The van der Waals surface area contributed by atoms with E-state index in [2.05, 4.69) is 4.72 Å². The Balaban J connectivity index is 2.21. The van der Waals surface area contributed by atoms with Crippen LogP contribution in [0.2, 0.25) is 0 Å². The number of ether oxygens (including phenoxy) is 2. The number of urea groups is 1. The van der Waals surface area contributed by atoms with Gasteiger partial charge in [-0.25, -0.2) is 22.7 Å². The first-order valence-electron chi connectivity index (χ1n) is 7.65. The molecular formula is C15H19N3O7S. The molecular weight excluding hydrogens is 366 g/mol. The SMILES string of the molecule is COc1ccc(C(=O)OC(C)C(=O)NC(N)=O)cc1S(=O)(=O)NC1CC1. The summed E-state index contributed by atoms with van der Waals surface area (Å²) in [5, 5.41) is 1.78. The zero-order valence-electron chi connectivity index (χ0n) is 14.1. The second kappa shape index (κ2) is 7.70. The summed E-state index contributed by atoms with van der Waals surface area (Å²) in [4.78, 5) is 34.2. The van der Waals surface area contributed by atoms with Crippen LogP contribution in [0.3, 0.4) is 0 Å². The quantitative estimate of drug-likeness (QED) is 0.553. The van der Waals surface area contributed by atoms with E-state index >= 15 is 0 Å². The summed E-state index contributed by atoms with van der Waals surface area (Å²) in [5.74, 6) is -1.78. The zero-order chi connectivity index (χ0) is 19.5. The molecule has 1 atom stereocenters. The molecule has 1 aromatic carbocycles. The van der Waals surface area contributed by atoms with Crippen molar-refractivity contribution in [3.8, 4) is 5.75 Å². The summed E-state index contributed by atoms with van der Waals surface area (Å²) in [6.45, 7) is 1.24. The summed E-state index contributed by atoms with van der Waals surface area (Å²) in [6, 6.07) is 2.51. The third kappa shape index (κ3) is 4.92. The number of nitrogens with one attached hydrogen (secondary N) is 2. The fourth-order valence-electron chi connectivity index (χ4n) is 2.00. The Bertz CT molecular complexity index is 834. The van der Waals surface area contributed by atoms with Gasteiger partial charge in [0.15, 0.2) is 6.10 Å². The van der Waals surface area contributed by atoms with Crippen molar-refractivity contribution in [2.75, 3.05) is 7.11 Å². The molecule has 0 aromatic heterocycles. The summed E-state index contributed by atoms with van der Waals surface area (Å²) >= 11 is 0. The van der Waals surface area contributed by atoms with Crippen molar-refractivity contribution in [3.05, 3.63) is 23.8 Å². The number of carbonyl (C=O) groups is 3. The van der Waals surface area contributed by atoms with E-state index in [1.54, 1.807) is 5.32 Å². The first kappa shape index (κ1) is 19.7. The largest absolute Gasteiger partial charge is 0.495 e. The van der Waals surface area contributed by atoms with E-state index in [-0.39, 0.29) is 22.3 Å². The second-order valence-corrected chi connectivity index (χ2v) is 7.34. The molecule has 0 radical (unpaired) electrons. The highest BCUT2D eigenvalue weighted by molar-refractivity contribution is 7.89. The van der Waals surface area contributed by atoms with E-state index in [1.807, 2.05) is 0 Å². The Morgan fingerprint density at radius 2 is 1.92 bits per heavy atom. The Hall–Kier alpha value is -2.66. The van der Waals surface area contributed by atoms with Crippen LogP contribution in [0.15, 0.2) is 23.1 Å². The maximum Gasteiger partial charge on any atom is 0.338 e. The molecule has 0 aliphatic heterocycles. The van der Waals surface area contributed by atoms with Crippen molar-refractivity contribution in [3.63, 3.8) is 0 Å². The van der Waals surface area contributed by atoms with Crippen molar-refractivity contribution in [1.29, 1.82) is 0 Å². The predicted octanol–water partition coefficient (Wildman–Crippen LogP) is -0.124. The molecule has 10 nitrogen and oxygen atoms in total. The smallest absolute Gasteiger partial charge is 0.338 e. The van der Waals surface area contributed by atoms with Crippen molar-refractivity contribution in [2.24, 2.45) is 5.73 Å². The minimum atomic E-state index is -3.88. The molecule has 142 valence electrons. The predicted molar refractivity (Wildman–Crippen MR) is 88.9 cm³/mol. The highest BCUT2D eigenvalue weighted by atomic mass is 32.2. The molecule has 1 unspecified atom stereocenters. The Morgan fingerprint density at radius 1 is 1.27 bits per heavy atom. The topological polar surface area (TPSA) is 154 Å². The van der Waals surface area contributed by atoms with E-state index in [4.69, 9.17) is 15.2 Å². The van der Waals surface area contributed by atoms with Crippen LogP contribution in [0.25, 0.3) is 0 Å². The van der Waals surface area contributed by atoms with E-state index < -0.39 is 34.0 Å². The molecule has 1 fully saturated rings. The lowest BCUT2D eigenvalue weighted by Crippen LogP contribution is -2.42. The molecule has 1 saturated carbocycles. The van der Waals surface area contributed by atoms with Crippen molar-refractivity contribution < 1.29 is 32.3 Å². The van der Waals surface area contributed by atoms with Gasteiger partial charge in [0.25, 0.3) is 5.91 Å². The number of sulfonamides is 1. The van der Waals surface area contributed by atoms with Gasteiger partial charge in [0.1, 0.15) is 10.6 Å². The number of benzene rings is 1. The third-order valence-corrected chi connectivity index (χ3v) is 5.03. The lowest BCUT2D eigenvalue weighted by atomic mass is 10.2. The monoisotopic (exact) mass is 385 g/mol. The van der Waals surface area contributed by atoms with E-state index in [1.165, 1.54) is 26.2 Å². The first-order valence-corrected chi connectivity index (χ1v) is 9.14. The van der Waals surface area contributed by atoms with Crippen LogP contribution in [-0.4, -0.2) is 45.6 Å². The summed E-state index contributed by atoms with van der Waals surface area (Å²) < 4.78 is 37.3. The highest BCUT2D eigenvalue weighted by Gasteiger charge is 2.31. The maximum atomic E-state index is 12.4. The standard InChI is InChI=1S/C15H19N3O7S/c1-8(13(19)17-15(16)21)25-14(20)9-3-6-11(24-2)12(7-9)26(22,23)18-10-4-5-10/h3,6-8,10,18H,4-5H2,1-2H3,(H3,16,17,19,21). The normalized spacial score (nSPS) is 15.0. The van der Waals surface area contributed by atoms with Crippen LogP contribution in [0.5, 0.6) is 5.75 Å². The fraction of sp³-hybridized carbons (Fsp3) is 0.400. The minimum absolute atomic E-state index is 0.0641. The van der Waals surface area contributed by atoms with E-state index in [0.717, 1.165) is 18.9 Å². The Labute approximate surface area is 150 Å². The average Bonchev–Trinajstić information content (AvgIpc) is 3.36. The summed E-state index contributed by atoms with van der Waals surface area (Å²) in [7, 11) is -2.57. The number of esters is 1. The maximum absolute atomic E-state index is 12.4. The highest BCUT2D eigenvalue weighted by Crippen LogP contribution is 2.28. The molecule has 0 heterocycles. The van der Waals surface area contributed by atoms with E-state index in [9.17, 15) is 22.8 Å². The summed E-state index contributed by atoms with van der Waals surface area (Å²) in [6.07, 6.45) is 0.188. The van der Waals surface area contributed by atoms with Gasteiger partial charge in [0.05, 0.1) is 12.7 Å². The van der Waals surface area contributed by atoms with Gasteiger partial charge in [-0.3, -0.25) is 10.1 Å². The average molecular weight is 385 g/mol. The Kier molecular flexibility index (Phi) is 5.83. The van der Waals surface area contributed by atoms with Crippen molar-refractivity contribution in [2.45, 2.75) is 36.8 Å². The molecule has 0 bridgehead atoms. The third-order valence-electron chi connectivity index (χ3n) is 3.49. The molecule has 0 spiro atoms. The van der Waals surface area contributed by atoms with Crippen molar-refractivity contribution >= 4 is 27.9 Å². The van der Waals surface area contributed by atoms with Crippen LogP contribution in [0.4, 0.5) is 4.79 Å². The van der Waals surface area contributed by atoms with Crippen LogP contribution in [0, 0.1) is 0 Å². The van der Waals surface area contributed by atoms with Gasteiger partial charge < -0.3 is 15.2 Å². The molecule has 2 rings (SSSR count). The van der Waals surface area contributed by atoms with Gasteiger partial charge in [0, 0.05) is 6.04 Å². The van der Waals surface area contributed by atoms with Gasteiger partial charge in [-0.05, 0) is 38.0 Å². The number of nitrogens with two attached hydrogens (primary N) is 1. The number of imide groups is 1. The molecule has 4 N–H and O–H groups in total. The van der Waals surface area contributed by atoms with Crippen LogP contribution < -0.4 is 20.5 Å². The Morgan fingerprint density at radius 3 is 2.46 bits per heavy atom. The fourth-order valence-corrected chi connectivity index (χ4v) is 3.50. The number of hydrogen-bond donors (Lipinski definition) is 3. The molecule has 1 aliphatic rings. The lowest BCUT2D eigenvalue weighted by molar-refractivity contribution is -0.127. The van der Waals surface area contributed by atoms with Crippen molar-refractivity contribution in [1.82, 2.24) is 10.0 Å². The minimum Gasteiger partial charge on any atom is -0.495 e. The first-order chi connectivity index (χ1) is 12.1. The van der Waals surface area contributed by atoms with Gasteiger partial charge in [-0.15, -0.1) is 0 Å². The number of rotatable bonds is 7. The number of hydrogen-bond acceptors (Lipinski definition) is 7. The number of carbonyl (C=O) groups excluding carboxylic acids is 3. The van der Waals surface area contributed by atoms with E-state index in [0.29, 0.717) is 0 Å². The summed E-state index contributed by atoms with van der Waals surface area (Å²) in [5.41, 5.74) is 4.72. The number of amides is 3.